The molecule has 22 heavy (non-hydrogen) atoms. The highest BCUT2D eigenvalue weighted by Crippen LogP contribution is 2.29. The van der Waals surface area contributed by atoms with Crippen LogP contribution in [0.3, 0.4) is 0 Å². The van der Waals surface area contributed by atoms with Gasteiger partial charge in [0.2, 0.25) is 0 Å². The summed E-state index contributed by atoms with van der Waals surface area (Å²) in [4.78, 5) is 0. The fourth-order valence-electron chi connectivity index (χ4n) is 2.73. The summed E-state index contributed by atoms with van der Waals surface area (Å²) in [6, 6.07) is 4.16. The van der Waals surface area contributed by atoms with Crippen LogP contribution >= 0.6 is 24.4 Å². The number of hydrogen-bond donors (Lipinski definition) is 4. The molecule has 7 heteroatoms. The third-order valence-corrected chi connectivity index (χ3v) is 4.78. The summed E-state index contributed by atoms with van der Waals surface area (Å²) in [6.07, 6.45) is 5.35. The molecule has 1 heterocycles. The molecule has 1 aromatic heterocycles. The molecule has 0 spiro atoms. The van der Waals surface area contributed by atoms with Gasteiger partial charge in [0.05, 0.1) is 12.8 Å². The lowest BCUT2D eigenvalue weighted by atomic mass is 9.78. The first kappa shape index (κ1) is 17.0. The van der Waals surface area contributed by atoms with E-state index < -0.39 is 0 Å². The summed E-state index contributed by atoms with van der Waals surface area (Å²) in [5.74, 6) is 2.19. The van der Waals surface area contributed by atoms with Crippen molar-refractivity contribution in [2.45, 2.75) is 45.7 Å². The van der Waals surface area contributed by atoms with Crippen molar-refractivity contribution in [2.75, 3.05) is 0 Å². The van der Waals surface area contributed by atoms with Crippen molar-refractivity contribution in [1.29, 1.82) is 0 Å². The molecule has 1 aliphatic rings. The van der Waals surface area contributed by atoms with Gasteiger partial charge in [-0.3, -0.25) is 10.9 Å². The van der Waals surface area contributed by atoms with Gasteiger partial charge in [0, 0.05) is 6.04 Å². The van der Waals surface area contributed by atoms with E-state index in [0.29, 0.717) is 28.7 Å². The Morgan fingerprint density at radius 1 is 1.23 bits per heavy atom. The predicted octanol–water partition coefficient (Wildman–Crippen LogP) is 2.45. The molecule has 0 unspecified atom stereocenters. The first-order valence-electron chi connectivity index (χ1n) is 7.69. The van der Waals surface area contributed by atoms with Crippen LogP contribution in [0.1, 0.15) is 38.9 Å². The van der Waals surface area contributed by atoms with E-state index in [9.17, 15) is 0 Å². The zero-order valence-corrected chi connectivity index (χ0v) is 14.7. The van der Waals surface area contributed by atoms with Gasteiger partial charge in [0.25, 0.3) is 0 Å². The van der Waals surface area contributed by atoms with Crippen molar-refractivity contribution in [1.82, 2.24) is 21.5 Å². The highest BCUT2D eigenvalue weighted by Gasteiger charge is 2.27. The maximum Gasteiger partial charge on any atom is 0.185 e. The van der Waals surface area contributed by atoms with Crippen molar-refractivity contribution in [3.63, 3.8) is 0 Å². The van der Waals surface area contributed by atoms with E-state index in [1.54, 1.807) is 6.26 Å². The molecule has 1 aromatic rings. The molecule has 122 valence electrons. The molecule has 0 radical (unpaired) electrons. The smallest absolute Gasteiger partial charge is 0.185 e. The summed E-state index contributed by atoms with van der Waals surface area (Å²) >= 11 is 10.5. The Morgan fingerprint density at radius 2 is 2.00 bits per heavy atom. The van der Waals surface area contributed by atoms with Crippen molar-refractivity contribution < 1.29 is 4.42 Å². The molecule has 3 atom stereocenters. The molecule has 1 fully saturated rings. The average Bonchev–Trinajstić information content (AvgIpc) is 3.01. The summed E-state index contributed by atoms with van der Waals surface area (Å²) in [7, 11) is 0. The summed E-state index contributed by atoms with van der Waals surface area (Å²) in [5, 5.41) is 7.47. The van der Waals surface area contributed by atoms with Crippen LogP contribution in [0.25, 0.3) is 0 Å². The maximum absolute atomic E-state index is 5.32. The van der Waals surface area contributed by atoms with E-state index in [1.165, 1.54) is 12.8 Å². The number of nitrogens with one attached hydrogen (secondary N) is 4. The SMILES string of the molecule is C[C@@H]1[C@H](C)CCC[C@@H]1NC(=S)NNC(=S)NCc1ccco1. The summed E-state index contributed by atoms with van der Waals surface area (Å²) < 4.78 is 5.22. The molecule has 0 saturated heterocycles. The van der Waals surface area contributed by atoms with Crippen LogP contribution in [0.15, 0.2) is 22.8 Å². The van der Waals surface area contributed by atoms with E-state index >= 15 is 0 Å². The number of thiocarbonyl (C=S) groups is 2. The minimum Gasteiger partial charge on any atom is -0.467 e. The van der Waals surface area contributed by atoms with Crippen LogP contribution in [0, 0.1) is 11.8 Å². The van der Waals surface area contributed by atoms with Crippen LogP contribution in [0.4, 0.5) is 0 Å². The van der Waals surface area contributed by atoms with E-state index in [-0.39, 0.29) is 0 Å². The Bertz CT molecular complexity index is 492. The first-order chi connectivity index (χ1) is 10.6. The van der Waals surface area contributed by atoms with Gasteiger partial charge in [0.1, 0.15) is 5.76 Å². The highest BCUT2D eigenvalue weighted by atomic mass is 32.1. The number of furan rings is 1. The third-order valence-electron chi connectivity index (χ3n) is 4.32. The molecule has 0 aliphatic heterocycles. The second-order valence-electron chi connectivity index (χ2n) is 5.86. The number of hydrogen-bond acceptors (Lipinski definition) is 3. The van der Waals surface area contributed by atoms with Gasteiger partial charge in [-0.1, -0.05) is 26.7 Å². The first-order valence-corrected chi connectivity index (χ1v) is 8.50. The zero-order valence-electron chi connectivity index (χ0n) is 13.0. The Kier molecular flexibility index (Phi) is 6.45. The van der Waals surface area contributed by atoms with Gasteiger partial charge < -0.3 is 15.1 Å². The van der Waals surface area contributed by atoms with E-state index in [0.717, 1.165) is 18.1 Å². The minimum atomic E-state index is 0.426. The Hall–Kier alpha value is -1.34. The van der Waals surface area contributed by atoms with Gasteiger partial charge in [0.15, 0.2) is 10.2 Å². The van der Waals surface area contributed by atoms with E-state index in [2.05, 4.69) is 35.3 Å². The minimum absolute atomic E-state index is 0.426. The fraction of sp³-hybridized carbons (Fsp3) is 0.600. The lowest BCUT2D eigenvalue weighted by molar-refractivity contribution is 0.224. The van der Waals surface area contributed by atoms with Crippen molar-refractivity contribution in [3.8, 4) is 0 Å². The summed E-state index contributed by atoms with van der Waals surface area (Å²) in [6.45, 7) is 5.13. The lowest BCUT2D eigenvalue weighted by Gasteiger charge is -2.35. The predicted molar refractivity (Wildman–Crippen MR) is 96.1 cm³/mol. The molecule has 5 nitrogen and oxygen atoms in total. The largest absolute Gasteiger partial charge is 0.467 e. The van der Waals surface area contributed by atoms with Crippen LogP contribution in [-0.2, 0) is 6.54 Å². The molecule has 4 N–H and O–H groups in total. The second kappa shape index (κ2) is 8.33. The Morgan fingerprint density at radius 3 is 2.73 bits per heavy atom. The molecule has 0 aromatic carbocycles. The van der Waals surface area contributed by atoms with Crippen molar-refractivity contribution in [2.24, 2.45) is 11.8 Å². The topological polar surface area (TPSA) is 61.3 Å². The normalized spacial score (nSPS) is 24.4. The lowest BCUT2D eigenvalue weighted by Crippen LogP contribution is -2.54. The Balaban J connectivity index is 1.65. The van der Waals surface area contributed by atoms with E-state index in [1.807, 2.05) is 12.1 Å². The average molecular weight is 341 g/mol. The van der Waals surface area contributed by atoms with Crippen molar-refractivity contribution in [3.05, 3.63) is 24.2 Å². The van der Waals surface area contributed by atoms with Crippen LogP contribution < -0.4 is 21.5 Å². The summed E-state index contributed by atoms with van der Waals surface area (Å²) in [5.41, 5.74) is 5.82. The zero-order chi connectivity index (χ0) is 15.9. The second-order valence-corrected chi connectivity index (χ2v) is 6.68. The van der Waals surface area contributed by atoms with Gasteiger partial charge in [-0.05, 0) is 54.8 Å². The van der Waals surface area contributed by atoms with Crippen LogP contribution in [0.5, 0.6) is 0 Å². The fourth-order valence-corrected chi connectivity index (χ4v) is 3.05. The van der Waals surface area contributed by atoms with Crippen LogP contribution in [-0.4, -0.2) is 16.3 Å². The van der Waals surface area contributed by atoms with E-state index in [4.69, 9.17) is 28.9 Å². The van der Waals surface area contributed by atoms with Gasteiger partial charge in [-0.25, -0.2) is 0 Å². The number of rotatable bonds is 3. The van der Waals surface area contributed by atoms with Crippen LogP contribution in [0.2, 0.25) is 0 Å². The third kappa shape index (κ3) is 5.14. The molecule has 1 saturated carbocycles. The highest BCUT2D eigenvalue weighted by molar-refractivity contribution is 7.80. The monoisotopic (exact) mass is 340 g/mol. The maximum atomic E-state index is 5.32. The molecule has 0 bridgehead atoms. The molecule has 2 rings (SSSR count). The standard InChI is InChI=1S/C15H24N4OS2/c1-10-5-3-7-13(11(10)2)17-15(22)19-18-14(21)16-9-12-6-4-8-20-12/h4,6,8,10-11,13H,3,5,7,9H2,1-2H3,(H2,16,18,21)(H2,17,19,22)/t10-,11-,13+/m1/s1. The quantitative estimate of drug-likeness (QED) is 0.498. The molecular weight excluding hydrogens is 316 g/mol. The Labute approximate surface area is 142 Å². The van der Waals surface area contributed by atoms with Gasteiger partial charge in [-0.15, -0.1) is 0 Å². The van der Waals surface area contributed by atoms with Crippen molar-refractivity contribution >= 4 is 34.7 Å². The van der Waals surface area contributed by atoms with Gasteiger partial charge >= 0.3 is 0 Å². The number of hydrazine groups is 1. The molecule has 1 aliphatic carbocycles. The molecule has 0 amide bonds. The van der Waals surface area contributed by atoms with Gasteiger partial charge in [-0.2, -0.15) is 0 Å². The molecular formula is C15H24N4OS2.